The molecule has 0 aliphatic carbocycles. The Morgan fingerprint density at radius 2 is 2.35 bits per heavy atom. The number of thioether (sulfide) groups is 1. The fraction of sp³-hybridized carbons (Fsp3) is 0.545. The van der Waals surface area contributed by atoms with Gasteiger partial charge in [0, 0.05) is 18.8 Å². The van der Waals surface area contributed by atoms with Gasteiger partial charge in [0.2, 0.25) is 0 Å². The standard InChI is InChI=1S/C11H18N4S2/c1-4-8(7-17-3)15(2)11-9(10(12)16)5-6-13-14-11/h5-6,8H,4,7H2,1-3H3,(H2,12,16). The van der Waals surface area contributed by atoms with Gasteiger partial charge in [-0.25, -0.2) is 0 Å². The molecule has 0 aromatic carbocycles. The number of nitrogens with two attached hydrogens (primary N) is 1. The Kier molecular flexibility index (Phi) is 5.64. The van der Waals surface area contributed by atoms with Crippen LogP contribution in [0, 0.1) is 0 Å². The van der Waals surface area contributed by atoms with E-state index in [1.54, 1.807) is 6.20 Å². The van der Waals surface area contributed by atoms with Crippen LogP contribution in [-0.2, 0) is 0 Å². The molecular weight excluding hydrogens is 252 g/mol. The highest BCUT2D eigenvalue weighted by Crippen LogP contribution is 2.20. The number of nitrogens with zero attached hydrogens (tertiary/aromatic N) is 3. The van der Waals surface area contributed by atoms with E-state index in [1.807, 2.05) is 24.9 Å². The van der Waals surface area contributed by atoms with Gasteiger partial charge in [-0.05, 0) is 18.7 Å². The Morgan fingerprint density at radius 3 is 2.88 bits per heavy atom. The van der Waals surface area contributed by atoms with Gasteiger partial charge in [-0.1, -0.05) is 19.1 Å². The average molecular weight is 270 g/mol. The van der Waals surface area contributed by atoms with Gasteiger partial charge in [-0.3, -0.25) is 0 Å². The molecule has 2 N–H and O–H groups in total. The molecule has 1 heterocycles. The molecule has 0 aliphatic rings. The number of hydrogen-bond donors (Lipinski definition) is 1. The molecule has 1 unspecified atom stereocenters. The molecule has 0 amide bonds. The molecule has 1 atom stereocenters. The normalized spacial score (nSPS) is 12.2. The monoisotopic (exact) mass is 270 g/mol. The highest BCUT2D eigenvalue weighted by Gasteiger charge is 2.18. The molecule has 94 valence electrons. The molecule has 17 heavy (non-hydrogen) atoms. The van der Waals surface area contributed by atoms with Crippen LogP contribution in [0.2, 0.25) is 0 Å². The van der Waals surface area contributed by atoms with E-state index in [0.717, 1.165) is 23.6 Å². The van der Waals surface area contributed by atoms with Gasteiger partial charge in [-0.15, -0.1) is 5.10 Å². The molecule has 0 bridgehead atoms. The predicted molar refractivity (Wildman–Crippen MR) is 78.8 cm³/mol. The molecule has 4 nitrogen and oxygen atoms in total. The lowest BCUT2D eigenvalue weighted by Gasteiger charge is -2.28. The zero-order valence-corrected chi connectivity index (χ0v) is 12.0. The van der Waals surface area contributed by atoms with Gasteiger partial charge >= 0.3 is 0 Å². The topological polar surface area (TPSA) is 55.0 Å². The average Bonchev–Trinajstić information content (AvgIpc) is 2.35. The van der Waals surface area contributed by atoms with E-state index in [9.17, 15) is 0 Å². The molecule has 0 spiro atoms. The fourth-order valence-corrected chi connectivity index (χ4v) is 2.65. The third kappa shape index (κ3) is 3.54. The van der Waals surface area contributed by atoms with E-state index in [0.29, 0.717) is 11.0 Å². The van der Waals surface area contributed by atoms with Crippen LogP contribution in [0.3, 0.4) is 0 Å². The smallest absolute Gasteiger partial charge is 0.161 e. The van der Waals surface area contributed by atoms with Crippen molar-refractivity contribution in [2.75, 3.05) is 24.0 Å². The molecule has 0 radical (unpaired) electrons. The second kappa shape index (κ2) is 6.76. The summed E-state index contributed by atoms with van der Waals surface area (Å²) in [4.78, 5) is 2.47. The van der Waals surface area contributed by atoms with E-state index >= 15 is 0 Å². The lowest BCUT2D eigenvalue weighted by molar-refractivity contribution is 0.661. The summed E-state index contributed by atoms with van der Waals surface area (Å²) < 4.78 is 0. The van der Waals surface area contributed by atoms with Crippen molar-refractivity contribution in [1.29, 1.82) is 0 Å². The van der Waals surface area contributed by atoms with E-state index in [2.05, 4.69) is 28.3 Å². The van der Waals surface area contributed by atoms with Crippen LogP contribution in [0.25, 0.3) is 0 Å². The van der Waals surface area contributed by atoms with E-state index in [4.69, 9.17) is 18.0 Å². The van der Waals surface area contributed by atoms with Crippen LogP contribution in [0.4, 0.5) is 5.82 Å². The van der Waals surface area contributed by atoms with Gasteiger partial charge in [-0.2, -0.15) is 16.9 Å². The van der Waals surface area contributed by atoms with Crippen molar-refractivity contribution >= 4 is 34.8 Å². The maximum atomic E-state index is 5.70. The maximum Gasteiger partial charge on any atom is 0.161 e. The first-order valence-corrected chi connectivity index (χ1v) is 7.25. The van der Waals surface area contributed by atoms with Crippen LogP contribution in [0.1, 0.15) is 18.9 Å². The first-order chi connectivity index (χ1) is 8.11. The molecule has 0 aliphatic heterocycles. The summed E-state index contributed by atoms with van der Waals surface area (Å²) >= 11 is 6.85. The minimum absolute atomic E-state index is 0.362. The number of rotatable bonds is 6. The molecule has 0 fully saturated rings. The Balaban J connectivity index is 3.01. The van der Waals surface area contributed by atoms with Gasteiger partial charge in [0.05, 0.1) is 11.8 Å². The second-order valence-corrected chi connectivity index (χ2v) is 5.11. The van der Waals surface area contributed by atoms with Crippen LogP contribution in [0.15, 0.2) is 12.3 Å². The Labute approximate surface area is 112 Å². The number of thiocarbonyl (C=S) groups is 1. The SMILES string of the molecule is CCC(CSC)N(C)c1nnccc1C(N)=S. The Hall–Kier alpha value is -0.880. The van der Waals surface area contributed by atoms with Crippen LogP contribution < -0.4 is 10.6 Å². The minimum atomic E-state index is 0.362. The van der Waals surface area contributed by atoms with Crippen molar-refractivity contribution in [2.24, 2.45) is 5.73 Å². The maximum absolute atomic E-state index is 5.70. The first kappa shape index (κ1) is 14.2. The predicted octanol–water partition coefficient (Wildman–Crippen LogP) is 1.69. The van der Waals surface area contributed by atoms with Crippen LogP contribution in [0.5, 0.6) is 0 Å². The van der Waals surface area contributed by atoms with Crippen molar-refractivity contribution in [3.8, 4) is 0 Å². The van der Waals surface area contributed by atoms with Gasteiger partial charge in [0.1, 0.15) is 4.99 Å². The molecule has 0 saturated carbocycles. The quantitative estimate of drug-likeness (QED) is 0.794. The summed E-state index contributed by atoms with van der Waals surface area (Å²) in [6.07, 6.45) is 4.76. The van der Waals surface area contributed by atoms with Crippen molar-refractivity contribution in [1.82, 2.24) is 10.2 Å². The van der Waals surface area contributed by atoms with Gasteiger partial charge in [0.15, 0.2) is 5.82 Å². The van der Waals surface area contributed by atoms with Crippen LogP contribution >= 0.6 is 24.0 Å². The summed E-state index contributed by atoms with van der Waals surface area (Å²) in [6.45, 7) is 2.16. The highest BCUT2D eigenvalue weighted by molar-refractivity contribution is 7.98. The van der Waals surface area contributed by atoms with Crippen molar-refractivity contribution in [3.05, 3.63) is 17.8 Å². The summed E-state index contributed by atoms with van der Waals surface area (Å²) in [5.41, 5.74) is 6.49. The lowest BCUT2D eigenvalue weighted by Crippen LogP contribution is -2.35. The Bertz CT molecular complexity index is 383. The summed E-state index contributed by atoms with van der Waals surface area (Å²) in [5.74, 6) is 1.81. The highest BCUT2D eigenvalue weighted by atomic mass is 32.2. The molecule has 0 saturated heterocycles. The Morgan fingerprint density at radius 1 is 1.65 bits per heavy atom. The van der Waals surface area contributed by atoms with Crippen molar-refractivity contribution in [3.63, 3.8) is 0 Å². The van der Waals surface area contributed by atoms with Gasteiger partial charge < -0.3 is 10.6 Å². The third-order valence-corrected chi connectivity index (χ3v) is 3.62. The molecular formula is C11H18N4S2. The van der Waals surface area contributed by atoms with Crippen LogP contribution in [-0.4, -0.2) is 40.3 Å². The van der Waals surface area contributed by atoms with E-state index in [1.165, 1.54) is 0 Å². The van der Waals surface area contributed by atoms with E-state index in [-0.39, 0.29) is 0 Å². The molecule has 1 rings (SSSR count). The third-order valence-electron chi connectivity index (χ3n) is 2.68. The lowest BCUT2D eigenvalue weighted by atomic mass is 10.2. The van der Waals surface area contributed by atoms with E-state index < -0.39 is 0 Å². The zero-order chi connectivity index (χ0) is 12.8. The number of hydrogen-bond acceptors (Lipinski definition) is 5. The molecule has 1 aromatic heterocycles. The largest absolute Gasteiger partial charge is 0.389 e. The number of anilines is 1. The fourth-order valence-electron chi connectivity index (χ4n) is 1.65. The molecule has 6 heteroatoms. The summed E-state index contributed by atoms with van der Waals surface area (Å²) in [5, 5.41) is 8.06. The number of aromatic nitrogens is 2. The summed E-state index contributed by atoms with van der Waals surface area (Å²) in [6, 6.07) is 2.22. The first-order valence-electron chi connectivity index (χ1n) is 5.45. The van der Waals surface area contributed by atoms with Crippen molar-refractivity contribution in [2.45, 2.75) is 19.4 Å². The van der Waals surface area contributed by atoms with Crippen molar-refractivity contribution < 1.29 is 0 Å². The van der Waals surface area contributed by atoms with Gasteiger partial charge in [0.25, 0.3) is 0 Å². The zero-order valence-electron chi connectivity index (χ0n) is 10.4. The summed E-state index contributed by atoms with van der Waals surface area (Å²) in [7, 11) is 2.01. The second-order valence-electron chi connectivity index (χ2n) is 3.76. The minimum Gasteiger partial charge on any atom is -0.389 e. The molecule has 1 aromatic rings.